The van der Waals surface area contributed by atoms with Gasteiger partial charge < -0.3 is 5.32 Å². The largest absolute Gasteiger partial charge is 0.313 e. The third-order valence-corrected chi connectivity index (χ3v) is 5.51. The second kappa shape index (κ2) is 8.77. The summed E-state index contributed by atoms with van der Waals surface area (Å²) in [6.07, 6.45) is 5.58. The van der Waals surface area contributed by atoms with Crippen molar-refractivity contribution in [3.8, 4) is 0 Å². The zero-order valence-electron chi connectivity index (χ0n) is 10.1. The highest BCUT2D eigenvalue weighted by molar-refractivity contribution is 8.00. The van der Waals surface area contributed by atoms with Gasteiger partial charge in [0.2, 0.25) is 0 Å². The molecule has 2 unspecified atom stereocenters. The van der Waals surface area contributed by atoms with Gasteiger partial charge in [-0.3, -0.25) is 0 Å². The average Bonchev–Trinajstić information content (AvgIpc) is 2.66. The summed E-state index contributed by atoms with van der Waals surface area (Å²) >= 11 is 4.31. The monoisotopic (exact) mass is 247 g/mol. The van der Waals surface area contributed by atoms with Crippen molar-refractivity contribution in [3.63, 3.8) is 0 Å². The van der Waals surface area contributed by atoms with Crippen LogP contribution in [0, 0.1) is 0 Å². The van der Waals surface area contributed by atoms with Gasteiger partial charge in [0, 0.05) is 17.0 Å². The Bertz CT molecular complexity index is 153. The molecule has 1 fully saturated rings. The minimum Gasteiger partial charge on any atom is -0.313 e. The summed E-state index contributed by atoms with van der Waals surface area (Å²) in [5.41, 5.74) is 0. The van der Waals surface area contributed by atoms with Crippen LogP contribution in [0.4, 0.5) is 0 Å². The Hall–Kier alpha value is 0.660. The Morgan fingerprint density at radius 2 is 2.20 bits per heavy atom. The number of nitrogens with one attached hydrogen (secondary N) is 1. The zero-order chi connectivity index (χ0) is 10.9. The van der Waals surface area contributed by atoms with Gasteiger partial charge in [0.15, 0.2) is 0 Å². The summed E-state index contributed by atoms with van der Waals surface area (Å²) in [6, 6.07) is 0.799. The van der Waals surface area contributed by atoms with Crippen molar-refractivity contribution in [2.75, 3.05) is 23.8 Å². The van der Waals surface area contributed by atoms with Gasteiger partial charge in [-0.15, -0.1) is 0 Å². The quantitative estimate of drug-likeness (QED) is 0.660. The van der Waals surface area contributed by atoms with E-state index in [-0.39, 0.29) is 0 Å². The Kier molecular flexibility index (Phi) is 8.02. The molecule has 0 bridgehead atoms. The molecule has 1 nitrogen and oxygen atoms in total. The van der Waals surface area contributed by atoms with E-state index < -0.39 is 0 Å². The van der Waals surface area contributed by atoms with Crippen LogP contribution in [0.25, 0.3) is 0 Å². The van der Waals surface area contributed by atoms with Crippen molar-refractivity contribution in [1.82, 2.24) is 5.32 Å². The smallest absolute Gasteiger partial charge is 0.0168 e. The molecule has 1 N–H and O–H groups in total. The minimum absolute atomic E-state index is 0.799. The van der Waals surface area contributed by atoms with Crippen LogP contribution in [-0.4, -0.2) is 35.1 Å². The first-order valence-electron chi connectivity index (χ1n) is 6.29. The number of hydrogen-bond acceptors (Lipinski definition) is 3. The summed E-state index contributed by atoms with van der Waals surface area (Å²) in [5, 5.41) is 4.50. The molecule has 15 heavy (non-hydrogen) atoms. The van der Waals surface area contributed by atoms with Gasteiger partial charge in [-0.2, -0.15) is 23.5 Å². The lowest BCUT2D eigenvalue weighted by molar-refractivity contribution is 0.537. The van der Waals surface area contributed by atoms with Crippen LogP contribution >= 0.6 is 23.5 Å². The van der Waals surface area contributed by atoms with Crippen molar-refractivity contribution < 1.29 is 0 Å². The zero-order valence-corrected chi connectivity index (χ0v) is 11.8. The predicted octanol–water partition coefficient (Wildman–Crippen LogP) is 3.39. The molecule has 2 atom stereocenters. The molecule has 0 saturated carbocycles. The van der Waals surface area contributed by atoms with Crippen LogP contribution in [0.15, 0.2) is 0 Å². The maximum atomic E-state index is 3.56. The normalized spacial score (nSPS) is 26.0. The third kappa shape index (κ3) is 6.08. The molecule has 0 aliphatic carbocycles. The second-order valence-corrected chi connectivity index (χ2v) is 6.76. The predicted molar refractivity (Wildman–Crippen MR) is 75.2 cm³/mol. The minimum atomic E-state index is 0.799. The molecule has 1 rings (SSSR count). The third-order valence-electron chi connectivity index (χ3n) is 2.74. The fourth-order valence-electron chi connectivity index (χ4n) is 2.00. The number of thioether (sulfide) groups is 2. The van der Waals surface area contributed by atoms with Crippen molar-refractivity contribution >= 4 is 23.5 Å². The molecular weight excluding hydrogens is 222 g/mol. The highest BCUT2D eigenvalue weighted by atomic mass is 32.2. The van der Waals surface area contributed by atoms with Crippen molar-refractivity contribution in [2.24, 2.45) is 0 Å². The number of rotatable bonds is 8. The first-order valence-corrected chi connectivity index (χ1v) is 8.49. The van der Waals surface area contributed by atoms with E-state index in [0.717, 1.165) is 17.8 Å². The molecule has 1 aliphatic rings. The lowest BCUT2D eigenvalue weighted by atomic mass is 10.1. The van der Waals surface area contributed by atoms with E-state index in [2.05, 4.69) is 42.7 Å². The van der Waals surface area contributed by atoms with Gasteiger partial charge >= 0.3 is 0 Å². The highest BCUT2D eigenvalue weighted by Gasteiger charge is 2.23. The van der Waals surface area contributed by atoms with E-state index >= 15 is 0 Å². The second-order valence-electron chi connectivity index (χ2n) is 4.20. The molecule has 0 aromatic rings. The SMILES string of the molecule is CCCSCCCC1CC(NCC)CS1. The first kappa shape index (κ1) is 13.7. The Balaban J connectivity index is 1.94. The van der Waals surface area contributed by atoms with Crippen molar-refractivity contribution in [2.45, 2.75) is 50.8 Å². The molecule has 0 aromatic carbocycles. The van der Waals surface area contributed by atoms with E-state index in [0.29, 0.717) is 0 Å². The molecule has 0 radical (unpaired) electrons. The van der Waals surface area contributed by atoms with Crippen LogP contribution in [0.2, 0.25) is 0 Å². The van der Waals surface area contributed by atoms with Crippen LogP contribution < -0.4 is 5.32 Å². The number of hydrogen-bond donors (Lipinski definition) is 1. The maximum Gasteiger partial charge on any atom is 0.0168 e. The lowest BCUT2D eigenvalue weighted by Crippen LogP contribution is -2.28. The fourth-order valence-corrected chi connectivity index (χ4v) is 4.32. The molecule has 1 saturated heterocycles. The van der Waals surface area contributed by atoms with Gasteiger partial charge in [0.1, 0.15) is 0 Å². The molecule has 0 spiro atoms. The molecule has 1 heterocycles. The fraction of sp³-hybridized carbons (Fsp3) is 1.00. The average molecular weight is 247 g/mol. The van der Waals surface area contributed by atoms with Gasteiger partial charge in [-0.05, 0) is 43.7 Å². The van der Waals surface area contributed by atoms with Crippen molar-refractivity contribution in [3.05, 3.63) is 0 Å². The van der Waals surface area contributed by atoms with Crippen molar-refractivity contribution in [1.29, 1.82) is 0 Å². The van der Waals surface area contributed by atoms with Crippen LogP contribution in [-0.2, 0) is 0 Å². The van der Waals surface area contributed by atoms with Gasteiger partial charge in [-0.1, -0.05) is 13.8 Å². The standard InChI is InChI=1S/C12H25NS2/c1-3-7-14-8-5-6-12-9-11(10-15-12)13-4-2/h11-13H,3-10H2,1-2H3. The topological polar surface area (TPSA) is 12.0 Å². The summed E-state index contributed by atoms with van der Waals surface area (Å²) in [7, 11) is 0. The lowest BCUT2D eigenvalue weighted by Gasteiger charge is -2.10. The summed E-state index contributed by atoms with van der Waals surface area (Å²) in [6.45, 7) is 5.60. The van der Waals surface area contributed by atoms with Gasteiger partial charge in [0.25, 0.3) is 0 Å². The van der Waals surface area contributed by atoms with E-state index in [1.807, 2.05) is 0 Å². The van der Waals surface area contributed by atoms with Crippen LogP contribution in [0.5, 0.6) is 0 Å². The first-order chi connectivity index (χ1) is 7.36. The molecule has 1 aliphatic heterocycles. The van der Waals surface area contributed by atoms with Gasteiger partial charge in [0.05, 0.1) is 0 Å². The molecule has 0 amide bonds. The molecule has 90 valence electrons. The Morgan fingerprint density at radius 1 is 1.33 bits per heavy atom. The van der Waals surface area contributed by atoms with Crippen LogP contribution in [0.1, 0.15) is 39.5 Å². The maximum absolute atomic E-state index is 3.56. The summed E-state index contributed by atoms with van der Waals surface area (Å²) in [4.78, 5) is 0. The van der Waals surface area contributed by atoms with E-state index in [9.17, 15) is 0 Å². The van der Waals surface area contributed by atoms with E-state index in [1.54, 1.807) is 0 Å². The highest BCUT2D eigenvalue weighted by Crippen LogP contribution is 2.30. The van der Waals surface area contributed by atoms with Crippen LogP contribution in [0.3, 0.4) is 0 Å². The van der Waals surface area contributed by atoms with E-state index in [1.165, 1.54) is 42.9 Å². The molecule has 0 aromatic heterocycles. The summed E-state index contributed by atoms with van der Waals surface area (Å²) in [5.74, 6) is 4.05. The molecule has 3 heteroatoms. The Morgan fingerprint density at radius 3 is 2.93 bits per heavy atom. The van der Waals surface area contributed by atoms with E-state index in [4.69, 9.17) is 0 Å². The Labute approximate surface area is 104 Å². The van der Waals surface area contributed by atoms with Gasteiger partial charge in [-0.25, -0.2) is 0 Å². The molecular formula is C12H25NS2. The summed E-state index contributed by atoms with van der Waals surface area (Å²) < 4.78 is 0.